The molecule has 0 spiro atoms. The Morgan fingerprint density at radius 3 is 2.71 bits per heavy atom. The fourth-order valence-corrected chi connectivity index (χ4v) is 3.31. The van der Waals surface area contributed by atoms with Crippen molar-refractivity contribution in [1.82, 2.24) is 14.7 Å². The van der Waals surface area contributed by atoms with Crippen molar-refractivity contribution >= 4 is 5.91 Å². The highest BCUT2D eigenvalue weighted by Crippen LogP contribution is 2.29. The molecule has 0 radical (unpaired) electrons. The van der Waals surface area contributed by atoms with Crippen LogP contribution in [-0.2, 0) is 11.3 Å². The molecule has 1 unspecified atom stereocenters. The molecule has 4 heteroatoms. The molecule has 3 aromatic rings. The molecular formula is C20H19N3O. The minimum atomic E-state index is 0.230. The molecule has 1 aromatic heterocycles. The van der Waals surface area contributed by atoms with Gasteiger partial charge in [-0.05, 0) is 29.3 Å². The molecule has 2 heterocycles. The van der Waals surface area contributed by atoms with Gasteiger partial charge in [0.2, 0.25) is 5.91 Å². The molecule has 1 atom stereocenters. The van der Waals surface area contributed by atoms with E-state index in [9.17, 15) is 4.79 Å². The number of likely N-dealkylation sites (tertiary alicyclic amines) is 1. The lowest BCUT2D eigenvalue weighted by Crippen LogP contribution is -2.24. The zero-order valence-corrected chi connectivity index (χ0v) is 13.4. The fourth-order valence-electron chi connectivity index (χ4n) is 3.31. The third kappa shape index (κ3) is 2.95. The maximum Gasteiger partial charge on any atom is 0.223 e. The average Bonchev–Trinajstić information content (AvgIpc) is 3.27. The van der Waals surface area contributed by atoms with E-state index in [0.717, 1.165) is 17.8 Å². The molecule has 0 aliphatic carbocycles. The van der Waals surface area contributed by atoms with Gasteiger partial charge in [-0.1, -0.05) is 42.5 Å². The Kier molecular flexibility index (Phi) is 3.87. The van der Waals surface area contributed by atoms with Crippen molar-refractivity contribution in [1.29, 1.82) is 0 Å². The van der Waals surface area contributed by atoms with Crippen LogP contribution < -0.4 is 0 Å². The van der Waals surface area contributed by atoms with Crippen LogP contribution in [0.25, 0.3) is 5.69 Å². The average molecular weight is 317 g/mol. The minimum Gasteiger partial charge on any atom is -0.338 e. The highest BCUT2D eigenvalue weighted by molar-refractivity contribution is 5.79. The van der Waals surface area contributed by atoms with Gasteiger partial charge < -0.3 is 4.90 Å². The van der Waals surface area contributed by atoms with Gasteiger partial charge in [0, 0.05) is 37.8 Å². The van der Waals surface area contributed by atoms with Crippen molar-refractivity contribution in [3.8, 4) is 5.69 Å². The Balaban J connectivity index is 1.50. The van der Waals surface area contributed by atoms with Gasteiger partial charge in [0.15, 0.2) is 0 Å². The second-order valence-electron chi connectivity index (χ2n) is 6.21. The maximum absolute atomic E-state index is 12.4. The van der Waals surface area contributed by atoms with Crippen molar-refractivity contribution in [2.24, 2.45) is 0 Å². The van der Waals surface area contributed by atoms with Crippen LogP contribution in [0.5, 0.6) is 0 Å². The lowest BCUT2D eigenvalue weighted by molar-refractivity contribution is -0.128. The molecular weight excluding hydrogens is 298 g/mol. The predicted octanol–water partition coefficient (Wildman–Crippen LogP) is 3.39. The predicted molar refractivity (Wildman–Crippen MR) is 92.8 cm³/mol. The normalized spacial score (nSPS) is 17.4. The molecule has 120 valence electrons. The molecule has 0 N–H and O–H groups in total. The Labute approximate surface area is 141 Å². The monoisotopic (exact) mass is 317 g/mol. The largest absolute Gasteiger partial charge is 0.338 e. The fraction of sp³-hybridized carbons (Fsp3) is 0.200. The third-order valence-electron chi connectivity index (χ3n) is 4.54. The first-order valence-electron chi connectivity index (χ1n) is 8.21. The molecule has 1 aliphatic rings. The van der Waals surface area contributed by atoms with E-state index < -0.39 is 0 Å². The highest BCUT2D eigenvalue weighted by Gasteiger charge is 2.30. The van der Waals surface area contributed by atoms with Crippen molar-refractivity contribution in [2.75, 3.05) is 6.54 Å². The van der Waals surface area contributed by atoms with Crippen LogP contribution in [0, 0.1) is 0 Å². The Morgan fingerprint density at radius 1 is 1.04 bits per heavy atom. The summed E-state index contributed by atoms with van der Waals surface area (Å²) in [4.78, 5) is 14.3. The number of hydrogen-bond donors (Lipinski definition) is 0. The zero-order valence-electron chi connectivity index (χ0n) is 13.4. The van der Waals surface area contributed by atoms with Gasteiger partial charge in [0.25, 0.3) is 0 Å². The Morgan fingerprint density at radius 2 is 1.92 bits per heavy atom. The summed E-state index contributed by atoms with van der Waals surface area (Å²) in [5.41, 5.74) is 3.40. The number of carbonyl (C=O) groups is 1. The number of amides is 1. The summed E-state index contributed by atoms with van der Waals surface area (Å²) in [6, 6.07) is 20.4. The lowest BCUT2D eigenvalue weighted by atomic mass is 9.98. The van der Waals surface area contributed by atoms with Crippen molar-refractivity contribution in [3.05, 3.63) is 84.2 Å². The van der Waals surface area contributed by atoms with Crippen LogP contribution >= 0.6 is 0 Å². The summed E-state index contributed by atoms with van der Waals surface area (Å²) < 4.78 is 1.84. The molecule has 1 amide bonds. The first-order valence-corrected chi connectivity index (χ1v) is 8.21. The van der Waals surface area contributed by atoms with Crippen molar-refractivity contribution in [3.63, 3.8) is 0 Å². The molecule has 4 rings (SSSR count). The van der Waals surface area contributed by atoms with E-state index in [4.69, 9.17) is 0 Å². The third-order valence-corrected chi connectivity index (χ3v) is 4.54. The van der Waals surface area contributed by atoms with Crippen LogP contribution in [0.2, 0.25) is 0 Å². The van der Waals surface area contributed by atoms with Gasteiger partial charge >= 0.3 is 0 Å². The lowest BCUT2D eigenvalue weighted by Gasteiger charge is -2.17. The van der Waals surface area contributed by atoms with Gasteiger partial charge in [0.05, 0.1) is 5.69 Å². The summed E-state index contributed by atoms with van der Waals surface area (Å²) in [6.07, 6.45) is 4.29. The maximum atomic E-state index is 12.4. The van der Waals surface area contributed by atoms with Crippen LogP contribution in [0.4, 0.5) is 0 Å². The minimum absolute atomic E-state index is 0.230. The second kappa shape index (κ2) is 6.32. The van der Waals surface area contributed by atoms with E-state index in [1.54, 1.807) is 6.20 Å². The zero-order chi connectivity index (χ0) is 16.4. The van der Waals surface area contributed by atoms with Gasteiger partial charge in [-0.15, -0.1) is 0 Å². The van der Waals surface area contributed by atoms with Crippen LogP contribution in [-0.4, -0.2) is 27.1 Å². The summed E-state index contributed by atoms with van der Waals surface area (Å²) in [5, 5.41) is 4.26. The summed E-state index contributed by atoms with van der Waals surface area (Å²) in [5.74, 6) is 0.529. The quantitative estimate of drug-likeness (QED) is 0.740. The van der Waals surface area contributed by atoms with Crippen LogP contribution in [0.15, 0.2) is 73.1 Å². The van der Waals surface area contributed by atoms with E-state index in [1.165, 1.54) is 5.56 Å². The molecule has 1 saturated heterocycles. The first-order chi connectivity index (χ1) is 11.8. The standard InChI is InChI=1S/C20H19N3O/c24-20-13-18(17-7-2-1-3-8-17)15-22(20)14-16-6-4-9-19(12-16)23-11-5-10-21-23/h1-12,18H,13-15H2. The first kappa shape index (κ1) is 14.7. The van der Waals surface area contributed by atoms with E-state index >= 15 is 0 Å². The molecule has 24 heavy (non-hydrogen) atoms. The number of carbonyl (C=O) groups excluding carboxylic acids is 1. The molecule has 4 nitrogen and oxygen atoms in total. The molecule has 2 aromatic carbocycles. The van der Waals surface area contributed by atoms with Crippen molar-refractivity contribution < 1.29 is 4.79 Å². The van der Waals surface area contributed by atoms with Gasteiger partial charge in [-0.25, -0.2) is 4.68 Å². The molecule has 1 fully saturated rings. The molecule has 1 aliphatic heterocycles. The number of benzene rings is 2. The molecule has 0 saturated carbocycles. The summed E-state index contributed by atoms with van der Waals surface area (Å²) >= 11 is 0. The Bertz CT molecular complexity index is 827. The summed E-state index contributed by atoms with van der Waals surface area (Å²) in [7, 11) is 0. The van der Waals surface area contributed by atoms with Crippen LogP contribution in [0.3, 0.4) is 0 Å². The summed E-state index contributed by atoms with van der Waals surface area (Å²) in [6.45, 7) is 1.44. The van der Waals surface area contributed by atoms with E-state index in [0.29, 0.717) is 18.9 Å². The molecule has 0 bridgehead atoms. The topological polar surface area (TPSA) is 38.1 Å². The van der Waals surface area contributed by atoms with Crippen molar-refractivity contribution in [2.45, 2.75) is 18.9 Å². The second-order valence-corrected chi connectivity index (χ2v) is 6.21. The SMILES string of the molecule is O=C1CC(c2ccccc2)CN1Cc1cccc(-n2cccn2)c1. The number of rotatable bonds is 4. The highest BCUT2D eigenvalue weighted by atomic mass is 16.2. The smallest absolute Gasteiger partial charge is 0.223 e. The number of aromatic nitrogens is 2. The van der Waals surface area contributed by atoms with E-state index in [-0.39, 0.29) is 5.91 Å². The van der Waals surface area contributed by atoms with E-state index in [2.05, 4.69) is 29.4 Å². The van der Waals surface area contributed by atoms with E-state index in [1.807, 2.05) is 52.2 Å². The number of nitrogens with zero attached hydrogens (tertiary/aromatic N) is 3. The van der Waals surface area contributed by atoms with Crippen LogP contribution in [0.1, 0.15) is 23.5 Å². The van der Waals surface area contributed by atoms with Gasteiger partial charge in [-0.3, -0.25) is 4.79 Å². The van der Waals surface area contributed by atoms with Gasteiger partial charge in [-0.2, -0.15) is 5.10 Å². The Hall–Kier alpha value is -2.88. The number of hydrogen-bond acceptors (Lipinski definition) is 2. The van der Waals surface area contributed by atoms with Gasteiger partial charge in [0.1, 0.15) is 0 Å².